The second-order valence-electron chi connectivity index (χ2n) is 3.91. The lowest BCUT2D eigenvalue weighted by Gasteiger charge is -2.18. The minimum Gasteiger partial charge on any atom is -0.276 e. The van der Waals surface area contributed by atoms with Gasteiger partial charge in [0, 0.05) is 13.1 Å². The summed E-state index contributed by atoms with van der Waals surface area (Å²) < 4.78 is 26.0. The third-order valence-electron chi connectivity index (χ3n) is 2.69. The maximum absolute atomic E-state index is 12.4. The van der Waals surface area contributed by atoms with E-state index in [1.807, 2.05) is 0 Å². The Bertz CT molecular complexity index is 693. The predicted octanol–water partition coefficient (Wildman–Crippen LogP) is 1.53. The molecule has 1 aromatic carbocycles. The molecule has 1 rings (SSSR count). The number of hydrazone groups is 1. The number of nitriles is 2. The molecule has 7 nitrogen and oxygen atoms in total. The fourth-order valence-electron chi connectivity index (χ4n) is 1.63. The van der Waals surface area contributed by atoms with E-state index < -0.39 is 10.0 Å². The van der Waals surface area contributed by atoms with Crippen LogP contribution in [0.3, 0.4) is 0 Å². The number of benzene rings is 1. The van der Waals surface area contributed by atoms with Crippen LogP contribution in [0.2, 0.25) is 0 Å². The van der Waals surface area contributed by atoms with Crippen LogP contribution in [0.1, 0.15) is 13.8 Å². The van der Waals surface area contributed by atoms with Crippen LogP contribution in [-0.2, 0) is 10.0 Å². The Hall–Kier alpha value is -2.42. The predicted molar refractivity (Wildman–Crippen MR) is 78.8 cm³/mol. The van der Waals surface area contributed by atoms with Crippen molar-refractivity contribution in [3.8, 4) is 12.1 Å². The number of hydrogen-bond acceptors (Lipinski definition) is 6. The molecule has 0 bridgehead atoms. The van der Waals surface area contributed by atoms with Crippen molar-refractivity contribution in [2.45, 2.75) is 18.7 Å². The third kappa shape index (κ3) is 4.02. The first kappa shape index (κ1) is 16.6. The fourth-order valence-corrected chi connectivity index (χ4v) is 3.14. The number of nitrogens with zero attached hydrogens (tertiary/aromatic N) is 4. The highest BCUT2D eigenvalue weighted by molar-refractivity contribution is 7.89. The summed E-state index contributed by atoms with van der Waals surface area (Å²) >= 11 is 0. The van der Waals surface area contributed by atoms with E-state index in [0.29, 0.717) is 18.8 Å². The summed E-state index contributed by atoms with van der Waals surface area (Å²) in [6, 6.07) is 9.25. The van der Waals surface area contributed by atoms with Crippen molar-refractivity contribution in [3.05, 3.63) is 24.3 Å². The van der Waals surface area contributed by atoms with E-state index in [1.165, 1.54) is 16.4 Å². The van der Waals surface area contributed by atoms with Gasteiger partial charge in [0.25, 0.3) is 0 Å². The standard InChI is InChI=1S/C13H15N5O2S/c1-3-18(4-2)21(19,20)13-7-5-6-11(8-13)16-17-12(9-14)10-15/h5-8,16H,3-4H2,1-2H3. The lowest BCUT2D eigenvalue weighted by atomic mass is 10.3. The smallest absolute Gasteiger partial charge is 0.243 e. The van der Waals surface area contributed by atoms with Gasteiger partial charge in [-0.25, -0.2) is 8.42 Å². The molecule has 0 aromatic heterocycles. The molecule has 110 valence electrons. The summed E-state index contributed by atoms with van der Waals surface area (Å²) in [5.74, 6) is 0. The molecule has 1 N–H and O–H groups in total. The zero-order valence-corrected chi connectivity index (χ0v) is 12.6. The zero-order chi connectivity index (χ0) is 15.9. The number of hydrogen-bond donors (Lipinski definition) is 1. The van der Waals surface area contributed by atoms with Gasteiger partial charge in [0.2, 0.25) is 15.7 Å². The topological polar surface area (TPSA) is 109 Å². The molecule has 21 heavy (non-hydrogen) atoms. The van der Waals surface area contributed by atoms with Gasteiger partial charge in [-0.05, 0) is 18.2 Å². The van der Waals surface area contributed by atoms with Crippen LogP contribution < -0.4 is 5.43 Å². The summed E-state index contributed by atoms with van der Waals surface area (Å²) in [5.41, 5.74) is 2.53. The first-order valence-electron chi connectivity index (χ1n) is 6.23. The highest BCUT2D eigenvalue weighted by Gasteiger charge is 2.21. The van der Waals surface area contributed by atoms with Gasteiger partial charge in [-0.2, -0.15) is 19.9 Å². The summed E-state index contributed by atoms with van der Waals surface area (Å²) in [5, 5.41) is 20.7. The molecular weight excluding hydrogens is 290 g/mol. The van der Waals surface area contributed by atoms with Crippen LogP contribution in [0.15, 0.2) is 34.3 Å². The molecule has 0 atom stereocenters. The van der Waals surface area contributed by atoms with Crippen LogP contribution in [0.4, 0.5) is 5.69 Å². The maximum atomic E-state index is 12.4. The van der Waals surface area contributed by atoms with Crippen LogP contribution >= 0.6 is 0 Å². The van der Waals surface area contributed by atoms with Gasteiger partial charge in [0.15, 0.2) is 0 Å². The second-order valence-corrected chi connectivity index (χ2v) is 5.85. The second kappa shape index (κ2) is 7.39. The molecule has 0 aliphatic heterocycles. The summed E-state index contributed by atoms with van der Waals surface area (Å²) in [6.45, 7) is 4.28. The summed E-state index contributed by atoms with van der Waals surface area (Å²) in [4.78, 5) is 0.127. The van der Waals surface area contributed by atoms with Gasteiger partial charge in [-0.1, -0.05) is 19.9 Å². The Kier molecular flexibility index (Phi) is 5.85. The lowest BCUT2D eigenvalue weighted by molar-refractivity contribution is 0.445. The van der Waals surface area contributed by atoms with Crippen LogP contribution in [0.5, 0.6) is 0 Å². The number of anilines is 1. The summed E-state index contributed by atoms with van der Waals surface area (Å²) in [7, 11) is -3.56. The highest BCUT2D eigenvalue weighted by atomic mass is 32.2. The average molecular weight is 305 g/mol. The van der Waals surface area contributed by atoms with Crippen LogP contribution in [-0.4, -0.2) is 31.5 Å². The zero-order valence-electron chi connectivity index (χ0n) is 11.7. The maximum Gasteiger partial charge on any atom is 0.243 e. The van der Waals surface area contributed by atoms with Crippen LogP contribution in [0, 0.1) is 22.7 Å². The lowest BCUT2D eigenvalue weighted by Crippen LogP contribution is -2.30. The van der Waals surface area contributed by atoms with Crippen LogP contribution in [0.25, 0.3) is 0 Å². The van der Waals surface area contributed by atoms with E-state index in [1.54, 1.807) is 38.1 Å². The van der Waals surface area contributed by atoms with E-state index in [-0.39, 0.29) is 10.6 Å². The Labute approximate surface area is 124 Å². The Morgan fingerprint density at radius 1 is 1.29 bits per heavy atom. The van der Waals surface area contributed by atoms with Crippen molar-refractivity contribution >= 4 is 21.4 Å². The normalized spacial score (nSPS) is 10.5. The molecule has 0 heterocycles. The van der Waals surface area contributed by atoms with Crippen molar-refractivity contribution in [3.63, 3.8) is 0 Å². The first-order chi connectivity index (χ1) is 9.99. The fraction of sp³-hybridized carbons (Fsp3) is 0.308. The Morgan fingerprint density at radius 2 is 1.90 bits per heavy atom. The van der Waals surface area contributed by atoms with E-state index in [9.17, 15) is 8.42 Å². The number of rotatable bonds is 6. The van der Waals surface area contributed by atoms with Gasteiger partial charge >= 0.3 is 0 Å². The number of nitrogens with one attached hydrogen (secondary N) is 1. The van der Waals surface area contributed by atoms with Crippen molar-refractivity contribution < 1.29 is 8.42 Å². The molecule has 0 saturated carbocycles. The Balaban J connectivity index is 3.10. The van der Waals surface area contributed by atoms with Gasteiger partial charge in [0.05, 0.1) is 10.6 Å². The monoisotopic (exact) mass is 305 g/mol. The molecule has 1 aromatic rings. The van der Waals surface area contributed by atoms with Gasteiger partial charge in [-0.3, -0.25) is 5.43 Å². The molecule has 0 unspecified atom stereocenters. The van der Waals surface area contributed by atoms with Crippen molar-refractivity contribution in [1.82, 2.24) is 4.31 Å². The largest absolute Gasteiger partial charge is 0.276 e. The van der Waals surface area contributed by atoms with E-state index >= 15 is 0 Å². The molecule has 0 amide bonds. The van der Waals surface area contributed by atoms with Gasteiger partial charge in [0.1, 0.15) is 12.1 Å². The van der Waals surface area contributed by atoms with Gasteiger partial charge < -0.3 is 0 Å². The molecule has 0 fully saturated rings. The van der Waals surface area contributed by atoms with Crippen molar-refractivity contribution in [2.24, 2.45) is 5.10 Å². The minimum atomic E-state index is -3.56. The van der Waals surface area contributed by atoms with E-state index in [2.05, 4.69) is 10.5 Å². The molecular formula is C13H15N5O2S. The van der Waals surface area contributed by atoms with E-state index in [0.717, 1.165) is 0 Å². The highest BCUT2D eigenvalue weighted by Crippen LogP contribution is 2.19. The molecule has 0 aliphatic rings. The minimum absolute atomic E-state index is 0.127. The average Bonchev–Trinajstić information content (AvgIpc) is 2.49. The molecule has 0 aliphatic carbocycles. The molecule has 8 heteroatoms. The van der Waals surface area contributed by atoms with E-state index in [4.69, 9.17) is 10.5 Å². The molecule has 0 saturated heterocycles. The number of sulfonamides is 1. The Morgan fingerprint density at radius 3 is 2.43 bits per heavy atom. The molecule has 0 spiro atoms. The van der Waals surface area contributed by atoms with Gasteiger partial charge in [-0.15, -0.1) is 0 Å². The quantitative estimate of drug-likeness (QED) is 0.633. The third-order valence-corrected chi connectivity index (χ3v) is 4.73. The van der Waals surface area contributed by atoms with Crippen molar-refractivity contribution in [1.29, 1.82) is 10.5 Å². The summed E-state index contributed by atoms with van der Waals surface area (Å²) in [6.07, 6.45) is 0. The molecule has 0 radical (unpaired) electrons. The van der Waals surface area contributed by atoms with Crippen molar-refractivity contribution in [2.75, 3.05) is 18.5 Å². The first-order valence-corrected chi connectivity index (χ1v) is 7.67. The SMILES string of the molecule is CCN(CC)S(=O)(=O)c1cccc(NN=C(C#N)C#N)c1.